The molecule has 0 atom stereocenters. The Hall–Kier alpha value is -3.57. The number of hydrogen-bond acceptors (Lipinski definition) is 11. The molecule has 0 radical (unpaired) electrons. The van der Waals surface area contributed by atoms with Gasteiger partial charge < -0.3 is 10.6 Å². The minimum atomic E-state index is -0.348. The Kier molecular flexibility index (Phi) is 27.6. The molecule has 0 bridgehead atoms. The number of rotatable bonds is 30. The van der Waals surface area contributed by atoms with Crippen LogP contribution in [0.1, 0.15) is 128 Å². The van der Waals surface area contributed by atoms with E-state index >= 15 is 0 Å². The second-order valence-electron chi connectivity index (χ2n) is 13.3. The van der Waals surface area contributed by atoms with Crippen molar-refractivity contribution in [1.29, 1.82) is 0 Å². The van der Waals surface area contributed by atoms with E-state index in [1.54, 1.807) is 12.1 Å². The van der Waals surface area contributed by atoms with Crippen LogP contribution in [0.5, 0.6) is 0 Å². The van der Waals surface area contributed by atoms with E-state index in [1.165, 1.54) is 7.05 Å². The molecule has 15 nitrogen and oxygen atoms in total. The molecule has 1 aromatic rings. The van der Waals surface area contributed by atoms with Gasteiger partial charge in [0.05, 0.1) is 10.8 Å². The van der Waals surface area contributed by atoms with Crippen LogP contribution in [-0.2, 0) is 19.2 Å². The fourth-order valence-corrected chi connectivity index (χ4v) is 5.74. The van der Waals surface area contributed by atoms with Crippen LogP contribution < -0.4 is 10.6 Å². The summed E-state index contributed by atoms with van der Waals surface area (Å²) in [7, 11) is 1.31. The van der Waals surface area contributed by atoms with Gasteiger partial charge in [0.2, 0.25) is 23.6 Å². The van der Waals surface area contributed by atoms with Crippen molar-refractivity contribution in [3.8, 4) is 0 Å². The normalized spacial score (nSPS) is 10.6. The summed E-state index contributed by atoms with van der Waals surface area (Å²) in [6, 6.07) is 7.19. The number of nitrogens with zero attached hydrogens (tertiary/aromatic N) is 5. The lowest BCUT2D eigenvalue weighted by Crippen LogP contribution is -2.31. The molecule has 17 heteroatoms. The summed E-state index contributed by atoms with van der Waals surface area (Å²) in [4.78, 5) is 51.8. The second kappa shape index (κ2) is 30.7. The number of thiocarbonyl (C=S) groups is 2. The van der Waals surface area contributed by atoms with Gasteiger partial charge in [-0.25, -0.2) is 20.3 Å². The largest absolute Gasteiger partial charge is 0.362 e. The van der Waals surface area contributed by atoms with Crippen molar-refractivity contribution in [2.75, 3.05) is 38.5 Å². The van der Waals surface area contributed by atoms with E-state index in [2.05, 4.69) is 33.0 Å². The van der Waals surface area contributed by atoms with E-state index in [1.807, 2.05) is 12.1 Å². The van der Waals surface area contributed by atoms with Crippen LogP contribution in [0.25, 0.3) is 0 Å². The Bertz CT molecular complexity index is 1300. The van der Waals surface area contributed by atoms with E-state index in [-0.39, 0.29) is 62.5 Å². The second-order valence-corrected chi connectivity index (χ2v) is 13.8. The number of isothiocyanates is 1. The van der Waals surface area contributed by atoms with Crippen LogP contribution in [0, 0.1) is 0 Å². The number of unbranched alkanes of at least 4 members (excludes halogenated alkanes) is 12. The molecule has 4 amide bonds. The molecule has 0 aliphatic heterocycles. The molecule has 0 aromatic heterocycles. The van der Waals surface area contributed by atoms with Gasteiger partial charge in [-0.15, -0.1) is 0 Å². The van der Waals surface area contributed by atoms with E-state index < -0.39 is 0 Å². The topological polar surface area (TPSA) is 199 Å². The summed E-state index contributed by atoms with van der Waals surface area (Å²) in [6.07, 6.45) is 13.0. The Labute approximate surface area is 330 Å². The quantitative estimate of drug-likeness (QED) is 0.0153. The summed E-state index contributed by atoms with van der Waals surface area (Å²) in [5, 5.41) is 50.8. The highest BCUT2D eigenvalue weighted by Crippen LogP contribution is 2.16. The molecule has 0 fully saturated rings. The monoisotopic (exact) mass is 795 g/mol. The number of aliphatic imine (C=N–C) groups is 1. The predicted octanol–water partition coefficient (Wildman–Crippen LogP) is 7.01. The highest BCUT2D eigenvalue weighted by atomic mass is 32.1. The van der Waals surface area contributed by atoms with Crippen LogP contribution in [0.15, 0.2) is 29.3 Å². The third kappa shape index (κ3) is 24.7. The van der Waals surface area contributed by atoms with Crippen molar-refractivity contribution in [1.82, 2.24) is 25.6 Å². The number of carbonyl (C=O) groups excluding carboxylic acids is 4. The molecule has 0 saturated heterocycles. The zero-order chi connectivity index (χ0) is 40.0. The highest BCUT2D eigenvalue weighted by Gasteiger charge is 2.13. The van der Waals surface area contributed by atoms with E-state index in [0.717, 1.165) is 78.7 Å². The number of anilines is 1. The maximum atomic E-state index is 12.2. The van der Waals surface area contributed by atoms with Gasteiger partial charge in [0.1, 0.15) is 0 Å². The molecular formula is C37H61N7O8S2. The van der Waals surface area contributed by atoms with E-state index in [9.17, 15) is 34.8 Å². The molecule has 54 heavy (non-hydrogen) atoms. The number of amides is 4. The number of carbonyl (C=O) groups is 4. The maximum absolute atomic E-state index is 12.2. The van der Waals surface area contributed by atoms with Crippen LogP contribution in [0.3, 0.4) is 0 Å². The lowest BCUT2D eigenvalue weighted by Gasteiger charge is -2.16. The molecule has 0 aliphatic rings. The Morgan fingerprint density at radius 1 is 0.593 bits per heavy atom. The average molecular weight is 796 g/mol. The summed E-state index contributed by atoms with van der Waals surface area (Å²) in [5.41, 5.74) is 1.48. The van der Waals surface area contributed by atoms with Gasteiger partial charge in [0.25, 0.3) is 0 Å². The van der Waals surface area contributed by atoms with Crippen molar-refractivity contribution < 1.29 is 40.0 Å². The Balaban J connectivity index is 1.96. The minimum Gasteiger partial charge on any atom is -0.362 e. The molecular weight excluding hydrogens is 735 g/mol. The van der Waals surface area contributed by atoms with Crippen LogP contribution >= 0.6 is 24.4 Å². The van der Waals surface area contributed by atoms with Crippen molar-refractivity contribution in [2.24, 2.45) is 4.99 Å². The lowest BCUT2D eigenvalue weighted by atomic mass is 10.1. The van der Waals surface area contributed by atoms with Gasteiger partial charge >= 0.3 is 0 Å². The summed E-state index contributed by atoms with van der Waals surface area (Å²) < 4.78 is 0. The molecule has 0 heterocycles. The van der Waals surface area contributed by atoms with Gasteiger partial charge in [-0.3, -0.25) is 40.0 Å². The number of nitrogens with one attached hydrogen (secondary N) is 2. The average Bonchev–Trinajstić information content (AvgIpc) is 3.15. The van der Waals surface area contributed by atoms with Gasteiger partial charge in [0.15, 0.2) is 5.11 Å². The lowest BCUT2D eigenvalue weighted by molar-refractivity contribution is -0.166. The molecule has 0 unspecified atom stereocenters. The summed E-state index contributed by atoms with van der Waals surface area (Å²) >= 11 is 9.86. The number of benzene rings is 1. The standard InChI is InChI=1S/C37H61N7O8S2/c1-41(49)33(45)18-11-5-2-8-14-27-42(50)34(46)19-12-6-3-9-15-28-43(51)35(47)20-13-7-4-10-16-29-44(52)36(48)21-17-26-38-37(54)40-32-24-22-31(23-25-32)39-30-53/h22-25,49-52H,2-21,26-29H2,1H3,(H2,38,40,54). The first-order valence-electron chi connectivity index (χ1n) is 19.1. The molecule has 304 valence electrons. The van der Waals surface area contributed by atoms with E-state index in [4.69, 9.17) is 17.4 Å². The Morgan fingerprint density at radius 2 is 0.963 bits per heavy atom. The fraction of sp³-hybridized carbons (Fsp3) is 0.676. The molecule has 1 rings (SSSR count). The first kappa shape index (κ1) is 48.4. The zero-order valence-corrected chi connectivity index (χ0v) is 33.4. The van der Waals surface area contributed by atoms with Crippen molar-refractivity contribution >= 4 is 69.7 Å². The van der Waals surface area contributed by atoms with Crippen LogP contribution in [0.2, 0.25) is 0 Å². The minimum absolute atomic E-state index is 0.183. The third-order valence-corrected chi connectivity index (χ3v) is 9.00. The SMILES string of the molecule is CN(O)C(=O)CCCCCCCN(O)C(=O)CCCCCCCN(O)C(=O)CCCCCCCN(O)C(=O)CCCNC(=S)Nc1ccc(N=C=S)cc1. The first-order valence-corrected chi connectivity index (χ1v) is 19.9. The molecule has 6 N–H and O–H groups in total. The highest BCUT2D eigenvalue weighted by molar-refractivity contribution is 7.80. The summed E-state index contributed by atoms with van der Waals surface area (Å²) in [6.45, 7) is 1.26. The van der Waals surface area contributed by atoms with Crippen molar-refractivity contribution in [3.05, 3.63) is 24.3 Å². The van der Waals surface area contributed by atoms with Gasteiger partial charge in [-0.1, -0.05) is 57.8 Å². The molecule has 1 aromatic carbocycles. The zero-order valence-electron chi connectivity index (χ0n) is 31.8. The third-order valence-electron chi connectivity index (χ3n) is 8.66. The fourth-order valence-electron chi connectivity index (χ4n) is 5.42. The number of hydrogen-bond donors (Lipinski definition) is 6. The number of hydroxylamine groups is 8. The molecule has 0 aliphatic carbocycles. The Morgan fingerprint density at radius 3 is 1.37 bits per heavy atom. The maximum Gasteiger partial charge on any atom is 0.245 e. The van der Waals surface area contributed by atoms with Crippen molar-refractivity contribution in [2.45, 2.75) is 128 Å². The predicted molar refractivity (Wildman–Crippen MR) is 213 cm³/mol. The van der Waals surface area contributed by atoms with Crippen molar-refractivity contribution in [3.63, 3.8) is 0 Å². The van der Waals surface area contributed by atoms with Gasteiger partial charge in [0, 0.05) is 64.6 Å². The van der Waals surface area contributed by atoms with Gasteiger partial charge in [-0.2, -0.15) is 4.99 Å². The smallest absolute Gasteiger partial charge is 0.245 e. The van der Waals surface area contributed by atoms with Gasteiger partial charge in [-0.05, 0) is 93.6 Å². The van der Waals surface area contributed by atoms with Crippen LogP contribution in [-0.4, -0.2) is 108 Å². The first-order chi connectivity index (χ1) is 25.9. The van der Waals surface area contributed by atoms with Crippen LogP contribution in [0.4, 0.5) is 11.4 Å². The summed E-state index contributed by atoms with van der Waals surface area (Å²) in [5.74, 6) is -1.26. The van der Waals surface area contributed by atoms with E-state index in [0.29, 0.717) is 73.8 Å². The molecule has 0 spiro atoms. The molecule has 0 saturated carbocycles.